The van der Waals surface area contributed by atoms with Crippen molar-refractivity contribution in [3.8, 4) is 0 Å². The zero-order chi connectivity index (χ0) is 13.5. The summed E-state index contributed by atoms with van der Waals surface area (Å²) in [5.74, 6) is 1.29. The first-order chi connectivity index (χ1) is 9.36. The highest BCUT2D eigenvalue weighted by atomic mass is 32.2. The van der Waals surface area contributed by atoms with E-state index in [1.54, 1.807) is 11.1 Å². The molecular formula is C17H27NS. The van der Waals surface area contributed by atoms with E-state index in [1.165, 1.54) is 37.9 Å². The monoisotopic (exact) mass is 277 g/mol. The predicted molar refractivity (Wildman–Crippen MR) is 87.0 cm³/mol. The van der Waals surface area contributed by atoms with Crippen LogP contribution in [0.5, 0.6) is 0 Å². The van der Waals surface area contributed by atoms with Crippen molar-refractivity contribution < 1.29 is 0 Å². The van der Waals surface area contributed by atoms with Crippen molar-refractivity contribution in [2.45, 2.75) is 57.2 Å². The van der Waals surface area contributed by atoms with Crippen LogP contribution in [0.15, 0.2) is 24.3 Å². The molecule has 0 radical (unpaired) electrons. The highest BCUT2D eigenvalue weighted by Crippen LogP contribution is 2.36. The Bertz CT molecular complexity index is 375. The molecule has 0 amide bonds. The highest BCUT2D eigenvalue weighted by molar-refractivity contribution is 7.99. The van der Waals surface area contributed by atoms with Crippen LogP contribution in [-0.4, -0.2) is 17.5 Å². The van der Waals surface area contributed by atoms with E-state index in [1.807, 2.05) is 0 Å². The Labute approximate surface area is 122 Å². The van der Waals surface area contributed by atoms with E-state index in [2.05, 4.69) is 55.2 Å². The first-order valence-corrected chi connectivity index (χ1v) is 8.84. The molecule has 2 rings (SSSR count). The van der Waals surface area contributed by atoms with Crippen LogP contribution < -0.4 is 5.32 Å². The van der Waals surface area contributed by atoms with Crippen molar-refractivity contribution in [3.05, 3.63) is 35.4 Å². The first-order valence-electron chi connectivity index (χ1n) is 7.79. The van der Waals surface area contributed by atoms with E-state index >= 15 is 0 Å². The van der Waals surface area contributed by atoms with Gasteiger partial charge >= 0.3 is 0 Å². The minimum absolute atomic E-state index is 0.551. The number of nitrogens with one attached hydrogen (secondary N) is 1. The highest BCUT2D eigenvalue weighted by Gasteiger charge is 2.27. The lowest BCUT2D eigenvalue weighted by Gasteiger charge is -2.27. The molecule has 0 spiro atoms. The quantitative estimate of drug-likeness (QED) is 0.764. The molecule has 1 N–H and O–H groups in total. The predicted octanol–water partition coefficient (Wildman–Crippen LogP) is 4.58. The fraction of sp³-hybridized carbons (Fsp3) is 0.647. The summed E-state index contributed by atoms with van der Waals surface area (Å²) in [7, 11) is 0. The standard InChI is InChI=1S/C17H27NS/c1-3-12-18-17-15-10-6-5-8-14(15)9-7-11-16(17)19-13-4-2/h5-6,8,10,16-18H,3-4,7,9,11-13H2,1-2H3. The van der Waals surface area contributed by atoms with Gasteiger partial charge in [-0.25, -0.2) is 0 Å². The maximum absolute atomic E-state index is 3.81. The number of hydrogen-bond acceptors (Lipinski definition) is 2. The Hall–Kier alpha value is -0.470. The maximum Gasteiger partial charge on any atom is 0.0443 e. The molecule has 0 aliphatic heterocycles. The molecule has 1 aliphatic rings. The van der Waals surface area contributed by atoms with Crippen LogP contribution in [0.4, 0.5) is 0 Å². The van der Waals surface area contributed by atoms with E-state index in [9.17, 15) is 0 Å². The van der Waals surface area contributed by atoms with Gasteiger partial charge < -0.3 is 5.32 Å². The molecule has 1 nitrogen and oxygen atoms in total. The first kappa shape index (κ1) is 14.9. The molecule has 1 aromatic carbocycles. The Morgan fingerprint density at radius 1 is 1.21 bits per heavy atom. The van der Waals surface area contributed by atoms with Gasteiger partial charge in [-0.15, -0.1) is 0 Å². The van der Waals surface area contributed by atoms with Crippen molar-refractivity contribution in [1.29, 1.82) is 0 Å². The number of hydrogen-bond donors (Lipinski definition) is 1. The molecule has 0 aromatic heterocycles. The van der Waals surface area contributed by atoms with Gasteiger partial charge in [0.05, 0.1) is 0 Å². The van der Waals surface area contributed by atoms with Gasteiger partial charge in [0.15, 0.2) is 0 Å². The molecule has 0 fully saturated rings. The Morgan fingerprint density at radius 2 is 2.05 bits per heavy atom. The van der Waals surface area contributed by atoms with E-state index < -0.39 is 0 Å². The lowest BCUT2D eigenvalue weighted by Crippen LogP contribution is -2.30. The minimum atomic E-state index is 0.551. The van der Waals surface area contributed by atoms with Gasteiger partial charge in [-0.05, 0) is 55.5 Å². The summed E-state index contributed by atoms with van der Waals surface area (Å²) < 4.78 is 0. The summed E-state index contributed by atoms with van der Waals surface area (Å²) >= 11 is 2.17. The number of benzene rings is 1. The second kappa shape index (κ2) is 7.96. The molecule has 2 unspecified atom stereocenters. The molecule has 0 heterocycles. The van der Waals surface area contributed by atoms with Gasteiger partial charge in [-0.2, -0.15) is 11.8 Å². The Balaban J connectivity index is 2.19. The molecule has 1 aromatic rings. The van der Waals surface area contributed by atoms with Gasteiger partial charge in [0.2, 0.25) is 0 Å². The molecule has 1 aliphatic carbocycles. The summed E-state index contributed by atoms with van der Waals surface area (Å²) in [5.41, 5.74) is 3.12. The molecule has 2 atom stereocenters. The van der Waals surface area contributed by atoms with Crippen molar-refractivity contribution >= 4 is 11.8 Å². The van der Waals surface area contributed by atoms with Crippen molar-refractivity contribution in [2.75, 3.05) is 12.3 Å². The molecule has 19 heavy (non-hydrogen) atoms. The third kappa shape index (κ3) is 4.00. The van der Waals surface area contributed by atoms with Gasteiger partial charge in [0.25, 0.3) is 0 Å². The molecule has 2 heteroatoms. The number of aryl methyl sites for hydroxylation is 1. The Kier molecular flexibility index (Phi) is 6.25. The summed E-state index contributed by atoms with van der Waals surface area (Å²) in [6.45, 7) is 5.66. The summed E-state index contributed by atoms with van der Waals surface area (Å²) in [4.78, 5) is 0. The molecule has 0 bridgehead atoms. The topological polar surface area (TPSA) is 12.0 Å². The largest absolute Gasteiger partial charge is 0.309 e. The summed E-state index contributed by atoms with van der Waals surface area (Å²) in [6, 6.07) is 9.60. The second-order valence-electron chi connectivity index (χ2n) is 5.43. The van der Waals surface area contributed by atoms with Crippen molar-refractivity contribution in [1.82, 2.24) is 5.32 Å². The average Bonchev–Trinajstić information content (AvgIpc) is 2.62. The van der Waals surface area contributed by atoms with Crippen LogP contribution in [0.3, 0.4) is 0 Å². The number of thioether (sulfide) groups is 1. The van der Waals surface area contributed by atoms with E-state index in [0.29, 0.717) is 6.04 Å². The second-order valence-corrected chi connectivity index (χ2v) is 6.78. The Morgan fingerprint density at radius 3 is 2.84 bits per heavy atom. The molecule has 0 saturated carbocycles. The van der Waals surface area contributed by atoms with Crippen molar-refractivity contribution in [3.63, 3.8) is 0 Å². The van der Waals surface area contributed by atoms with Crippen LogP contribution in [0.25, 0.3) is 0 Å². The van der Waals surface area contributed by atoms with Crippen LogP contribution >= 0.6 is 11.8 Å². The van der Waals surface area contributed by atoms with E-state index in [4.69, 9.17) is 0 Å². The normalized spacial score (nSPS) is 22.8. The van der Waals surface area contributed by atoms with Gasteiger partial charge in [0, 0.05) is 11.3 Å². The number of rotatable bonds is 6. The lowest BCUT2D eigenvalue weighted by molar-refractivity contribution is 0.501. The smallest absolute Gasteiger partial charge is 0.0443 e. The fourth-order valence-electron chi connectivity index (χ4n) is 2.92. The zero-order valence-corrected chi connectivity index (χ0v) is 13.1. The third-order valence-electron chi connectivity index (χ3n) is 3.85. The van der Waals surface area contributed by atoms with Crippen LogP contribution in [0.1, 0.15) is 56.7 Å². The fourth-order valence-corrected chi connectivity index (χ4v) is 4.22. The number of fused-ring (bicyclic) bond motifs is 1. The average molecular weight is 277 g/mol. The lowest BCUT2D eigenvalue weighted by atomic mass is 9.99. The van der Waals surface area contributed by atoms with E-state index in [0.717, 1.165) is 11.8 Å². The van der Waals surface area contributed by atoms with Crippen molar-refractivity contribution in [2.24, 2.45) is 0 Å². The van der Waals surface area contributed by atoms with Crippen LogP contribution in [-0.2, 0) is 6.42 Å². The molecular weight excluding hydrogens is 250 g/mol. The summed E-state index contributed by atoms with van der Waals surface area (Å²) in [6.07, 6.45) is 6.43. The van der Waals surface area contributed by atoms with Crippen LogP contribution in [0, 0.1) is 0 Å². The van der Waals surface area contributed by atoms with Crippen LogP contribution in [0.2, 0.25) is 0 Å². The molecule has 0 saturated heterocycles. The summed E-state index contributed by atoms with van der Waals surface area (Å²) in [5, 5.41) is 4.55. The minimum Gasteiger partial charge on any atom is -0.309 e. The zero-order valence-electron chi connectivity index (χ0n) is 12.3. The third-order valence-corrected chi connectivity index (χ3v) is 5.43. The van der Waals surface area contributed by atoms with Gasteiger partial charge in [0.1, 0.15) is 0 Å². The van der Waals surface area contributed by atoms with Gasteiger partial charge in [-0.1, -0.05) is 38.1 Å². The van der Waals surface area contributed by atoms with E-state index in [-0.39, 0.29) is 0 Å². The maximum atomic E-state index is 3.81. The SMILES string of the molecule is CCCNC1c2ccccc2CCCC1SCCC. The van der Waals surface area contributed by atoms with Gasteiger partial charge in [-0.3, -0.25) is 0 Å². The molecule has 106 valence electrons.